The Morgan fingerprint density at radius 2 is 1.89 bits per heavy atom. The molecular formula is C14H21N3O. The summed E-state index contributed by atoms with van der Waals surface area (Å²) in [6.45, 7) is 8.28. The highest BCUT2D eigenvalue weighted by Crippen LogP contribution is 2.20. The SMILES string of the molecule is CC.CC(C)c1ccc(Oc2cnn(C)c2)nc1. The molecule has 0 saturated heterocycles. The molecule has 0 radical (unpaired) electrons. The van der Waals surface area contributed by atoms with Crippen LogP contribution in [0.4, 0.5) is 0 Å². The highest BCUT2D eigenvalue weighted by molar-refractivity contribution is 5.24. The molecule has 4 nitrogen and oxygen atoms in total. The first-order chi connectivity index (χ1) is 8.65. The molecule has 0 unspecified atom stereocenters. The van der Waals surface area contributed by atoms with Crippen molar-refractivity contribution in [2.24, 2.45) is 7.05 Å². The Labute approximate surface area is 109 Å². The highest BCUT2D eigenvalue weighted by atomic mass is 16.5. The molecule has 0 N–H and O–H groups in total. The van der Waals surface area contributed by atoms with Crippen LogP contribution in [0.5, 0.6) is 11.6 Å². The van der Waals surface area contributed by atoms with E-state index in [4.69, 9.17) is 4.74 Å². The average Bonchev–Trinajstić information content (AvgIpc) is 2.78. The van der Waals surface area contributed by atoms with Crippen LogP contribution in [0.25, 0.3) is 0 Å². The fourth-order valence-corrected chi connectivity index (χ4v) is 1.37. The first kappa shape index (κ1) is 14.2. The molecule has 0 spiro atoms. The van der Waals surface area contributed by atoms with Gasteiger partial charge in [0.2, 0.25) is 5.88 Å². The van der Waals surface area contributed by atoms with Crippen molar-refractivity contribution in [3.05, 3.63) is 36.3 Å². The molecule has 0 aliphatic heterocycles. The lowest BCUT2D eigenvalue weighted by Gasteiger charge is -2.05. The lowest BCUT2D eigenvalue weighted by Crippen LogP contribution is -1.91. The second-order valence-electron chi connectivity index (χ2n) is 4.04. The molecule has 0 atom stereocenters. The van der Waals surface area contributed by atoms with Gasteiger partial charge in [0.1, 0.15) is 0 Å². The molecule has 4 heteroatoms. The summed E-state index contributed by atoms with van der Waals surface area (Å²) in [6, 6.07) is 3.91. The molecular weight excluding hydrogens is 226 g/mol. The third kappa shape index (κ3) is 3.87. The van der Waals surface area contributed by atoms with Crippen molar-refractivity contribution in [2.45, 2.75) is 33.6 Å². The maximum Gasteiger partial charge on any atom is 0.219 e. The van der Waals surface area contributed by atoms with Crippen molar-refractivity contribution in [2.75, 3.05) is 0 Å². The zero-order valence-corrected chi connectivity index (χ0v) is 11.7. The van der Waals surface area contributed by atoms with Crippen LogP contribution in [0, 0.1) is 0 Å². The molecule has 0 bridgehead atoms. The Balaban J connectivity index is 0.000000771. The fraction of sp³-hybridized carbons (Fsp3) is 0.429. The second kappa shape index (κ2) is 6.79. The lowest BCUT2D eigenvalue weighted by atomic mass is 10.1. The largest absolute Gasteiger partial charge is 0.436 e. The van der Waals surface area contributed by atoms with Crippen LogP contribution < -0.4 is 4.74 Å². The number of aryl methyl sites for hydroxylation is 1. The van der Waals surface area contributed by atoms with Crippen molar-refractivity contribution in [3.63, 3.8) is 0 Å². The van der Waals surface area contributed by atoms with Gasteiger partial charge in [-0.05, 0) is 11.5 Å². The quantitative estimate of drug-likeness (QED) is 0.829. The smallest absolute Gasteiger partial charge is 0.219 e. The van der Waals surface area contributed by atoms with E-state index in [1.807, 2.05) is 39.2 Å². The van der Waals surface area contributed by atoms with Gasteiger partial charge in [0.15, 0.2) is 5.75 Å². The van der Waals surface area contributed by atoms with Gasteiger partial charge in [0.05, 0.1) is 12.4 Å². The molecule has 0 aliphatic carbocycles. The topological polar surface area (TPSA) is 39.9 Å². The molecule has 2 aromatic heterocycles. The van der Waals surface area contributed by atoms with Crippen molar-refractivity contribution in [1.29, 1.82) is 0 Å². The molecule has 0 aliphatic rings. The van der Waals surface area contributed by atoms with Gasteiger partial charge in [-0.25, -0.2) is 4.98 Å². The van der Waals surface area contributed by atoms with E-state index >= 15 is 0 Å². The Kier molecular flexibility index (Phi) is 5.36. The van der Waals surface area contributed by atoms with Gasteiger partial charge in [-0.3, -0.25) is 4.68 Å². The molecule has 0 amide bonds. The van der Waals surface area contributed by atoms with Gasteiger partial charge in [-0.15, -0.1) is 0 Å². The summed E-state index contributed by atoms with van der Waals surface area (Å²) in [5.41, 5.74) is 1.21. The van der Waals surface area contributed by atoms with Gasteiger partial charge in [-0.1, -0.05) is 33.8 Å². The standard InChI is InChI=1S/C12H15N3O.C2H6/c1-9(2)10-4-5-12(13-6-10)16-11-7-14-15(3)8-11;1-2/h4-9H,1-3H3;1-2H3. The van der Waals surface area contributed by atoms with Gasteiger partial charge in [0, 0.05) is 19.3 Å². The number of nitrogens with zero attached hydrogens (tertiary/aromatic N) is 3. The van der Waals surface area contributed by atoms with Crippen LogP contribution in [-0.2, 0) is 7.05 Å². The molecule has 2 heterocycles. The maximum atomic E-state index is 5.54. The zero-order valence-electron chi connectivity index (χ0n) is 11.7. The fourth-order valence-electron chi connectivity index (χ4n) is 1.37. The van der Waals surface area contributed by atoms with E-state index in [1.54, 1.807) is 17.1 Å². The third-order valence-electron chi connectivity index (χ3n) is 2.33. The van der Waals surface area contributed by atoms with Gasteiger partial charge in [0.25, 0.3) is 0 Å². The lowest BCUT2D eigenvalue weighted by molar-refractivity contribution is 0.461. The van der Waals surface area contributed by atoms with E-state index in [1.165, 1.54) is 5.56 Å². The van der Waals surface area contributed by atoms with E-state index in [2.05, 4.69) is 23.9 Å². The average molecular weight is 247 g/mol. The predicted octanol–water partition coefficient (Wildman–Crippen LogP) is 3.76. The monoisotopic (exact) mass is 247 g/mol. The number of rotatable bonds is 3. The first-order valence-corrected chi connectivity index (χ1v) is 6.27. The number of aromatic nitrogens is 3. The third-order valence-corrected chi connectivity index (χ3v) is 2.33. The Morgan fingerprint density at radius 1 is 1.17 bits per heavy atom. The van der Waals surface area contributed by atoms with Crippen LogP contribution in [0.1, 0.15) is 39.2 Å². The maximum absolute atomic E-state index is 5.54. The summed E-state index contributed by atoms with van der Waals surface area (Å²) >= 11 is 0. The number of hydrogen-bond acceptors (Lipinski definition) is 3. The van der Waals surface area contributed by atoms with Crippen LogP contribution in [0.3, 0.4) is 0 Å². The van der Waals surface area contributed by atoms with E-state index < -0.39 is 0 Å². The van der Waals surface area contributed by atoms with Gasteiger partial charge >= 0.3 is 0 Å². The summed E-state index contributed by atoms with van der Waals surface area (Å²) < 4.78 is 7.23. The van der Waals surface area contributed by atoms with E-state index in [9.17, 15) is 0 Å². The Morgan fingerprint density at radius 3 is 2.33 bits per heavy atom. The first-order valence-electron chi connectivity index (χ1n) is 6.27. The summed E-state index contributed by atoms with van der Waals surface area (Å²) in [5, 5.41) is 4.02. The number of ether oxygens (including phenoxy) is 1. The van der Waals surface area contributed by atoms with Crippen LogP contribution >= 0.6 is 0 Å². The molecule has 98 valence electrons. The molecule has 0 fully saturated rings. The number of hydrogen-bond donors (Lipinski definition) is 0. The molecule has 18 heavy (non-hydrogen) atoms. The van der Waals surface area contributed by atoms with E-state index in [-0.39, 0.29) is 0 Å². The summed E-state index contributed by atoms with van der Waals surface area (Å²) in [6.07, 6.45) is 5.31. The Hall–Kier alpha value is -1.84. The van der Waals surface area contributed by atoms with E-state index in [0.717, 1.165) is 0 Å². The van der Waals surface area contributed by atoms with E-state index in [0.29, 0.717) is 17.5 Å². The van der Waals surface area contributed by atoms with Crippen molar-refractivity contribution in [1.82, 2.24) is 14.8 Å². The highest BCUT2D eigenvalue weighted by Gasteiger charge is 2.03. The van der Waals surface area contributed by atoms with Gasteiger partial charge in [-0.2, -0.15) is 5.10 Å². The van der Waals surface area contributed by atoms with Crippen LogP contribution in [0.2, 0.25) is 0 Å². The number of pyridine rings is 1. The molecule has 2 rings (SSSR count). The minimum atomic E-state index is 0.486. The second-order valence-corrected chi connectivity index (χ2v) is 4.04. The molecule has 0 aromatic carbocycles. The predicted molar refractivity (Wildman–Crippen MR) is 73.0 cm³/mol. The van der Waals surface area contributed by atoms with Crippen molar-refractivity contribution in [3.8, 4) is 11.6 Å². The minimum Gasteiger partial charge on any atom is -0.436 e. The summed E-state index contributed by atoms with van der Waals surface area (Å²) in [7, 11) is 1.85. The van der Waals surface area contributed by atoms with Gasteiger partial charge < -0.3 is 4.74 Å². The molecule has 0 saturated carbocycles. The zero-order chi connectivity index (χ0) is 13.5. The van der Waals surface area contributed by atoms with Crippen molar-refractivity contribution >= 4 is 0 Å². The minimum absolute atomic E-state index is 0.486. The summed E-state index contributed by atoms with van der Waals surface area (Å²) in [5.74, 6) is 1.78. The van der Waals surface area contributed by atoms with Crippen LogP contribution in [0.15, 0.2) is 30.7 Å². The van der Waals surface area contributed by atoms with Crippen molar-refractivity contribution < 1.29 is 4.74 Å². The molecule has 2 aromatic rings. The van der Waals surface area contributed by atoms with Crippen LogP contribution in [-0.4, -0.2) is 14.8 Å². The normalized spacial score (nSPS) is 9.89. The Bertz CT molecular complexity index is 460. The summed E-state index contributed by atoms with van der Waals surface area (Å²) in [4.78, 5) is 4.25.